The van der Waals surface area contributed by atoms with Crippen LogP contribution in [-0.2, 0) is 15.1 Å². The predicted octanol–water partition coefficient (Wildman–Crippen LogP) is 1.43. The number of imide groups is 1. The lowest BCUT2D eigenvalue weighted by atomic mass is 9.91. The van der Waals surface area contributed by atoms with E-state index in [0.717, 1.165) is 16.2 Å². The van der Waals surface area contributed by atoms with E-state index in [0.29, 0.717) is 11.4 Å². The monoisotopic (exact) mass is 341 g/mol. The maximum absolute atomic E-state index is 12.8. The molecule has 1 fully saturated rings. The third-order valence-electron chi connectivity index (χ3n) is 4.18. The molecule has 1 aliphatic heterocycles. The van der Waals surface area contributed by atoms with Crippen LogP contribution in [0.2, 0.25) is 0 Å². The molecule has 0 spiro atoms. The minimum absolute atomic E-state index is 0.343. The summed E-state index contributed by atoms with van der Waals surface area (Å²) in [5, 5.41) is 11.8. The highest BCUT2D eigenvalue weighted by atomic mass is 16.2. The zero-order valence-electron chi connectivity index (χ0n) is 14.2. The number of benzene rings is 1. The molecule has 25 heavy (non-hydrogen) atoms. The summed E-state index contributed by atoms with van der Waals surface area (Å²) in [6.07, 6.45) is 0. The first kappa shape index (κ1) is 16.7. The maximum Gasteiger partial charge on any atom is 0.325 e. The molecule has 0 aliphatic carbocycles. The van der Waals surface area contributed by atoms with E-state index in [-0.39, 0.29) is 6.54 Å². The quantitative estimate of drug-likeness (QED) is 0.731. The normalized spacial score (nSPS) is 19.9. The fraction of sp³-hybridized carbons (Fsp3) is 0.294. The molecular formula is C17H19N5O3. The first-order valence-corrected chi connectivity index (χ1v) is 7.83. The summed E-state index contributed by atoms with van der Waals surface area (Å²) < 4.78 is 0. The molecule has 1 aromatic carbocycles. The zero-order valence-corrected chi connectivity index (χ0v) is 14.2. The van der Waals surface area contributed by atoms with E-state index in [1.807, 2.05) is 19.1 Å². The number of H-pyrrole nitrogens is 1. The number of nitrogens with zero attached hydrogens (tertiary/aromatic N) is 2. The average Bonchev–Trinajstić information content (AvgIpc) is 3.05. The molecule has 3 N–H and O–H groups in total. The summed E-state index contributed by atoms with van der Waals surface area (Å²) in [6, 6.07) is 8.39. The number of anilines is 1. The molecule has 3 rings (SSSR count). The third kappa shape index (κ3) is 3.10. The molecule has 1 atom stereocenters. The largest absolute Gasteiger partial charge is 0.325 e. The molecule has 0 bridgehead atoms. The van der Waals surface area contributed by atoms with Crippen molar-refractivity contribution < 1.29 is 14.4 Å². The highest BCUT2D eigenvalue weighted by Gasteiger charge is 2.49. The Labute approximate surface area is 144 Å². The second-order valence-electron chi connectivity index (χ2n) is 6.30. The molecule has 1 aromatic heterocycles. The van der Waals surface area contributed by atoms with Gasteiger partial charge in [0.2, 0.25) is 5.91 Å². The van der Waals surface area contributed by atoms with Crippen molar-refractivity contribution in [2.45, 2.75) is 26.3 Å². The average molecular weight is 341 g/mol. The van der Waals surface area contributed by atoms with Gasteiger partial charge in [0.1, 0.15) is 12.1 Å². The van der Waals surface area contributed by atoms with E-state index >= 15 is 0 Å². The lowest BCUT2D eigenvalue weighted by Gasteiger charge is -2.22. The maximum atomic E-state index is 12.8. The smallest absolute Gasteiger partial charge is 0.319 e. The second-order valence-corrected chi connectivity index (χ2v) is 6.30. The number of urea groups is 1. The number of nitrogens with one attached hydrogen (secondary N) is 3. The van der Waals surface area contributed by atoms with Crippen LogP contribution >= 0.6 is 0 Å². The molecule has 2 heterocycles. The number of carbonyl (C=O) groups excluding carboxylic acids is 3. The van der Waals surface area contributed by atoms with Gasteiger partial charge in [0, 0.05) is 11.8 Å². The second kappa shape index (κ2) is 6.04. The standard InChI is InChI=1S/C17H19N5O3/c1-10-4-6-12(7-5-10)17(3)15(24)22(16(25)19-17)9-14(23)18-13-8-11(2)20-21-13/h4-8H,9H2,1-3H3,(H,19,25)(H2,18,20,21,23). The Hall–Kier alpha value is -3.16. The number of hydrogen-bond acceptors (Lipinski definition) is 4. The van der Waals surface area contributed by atoms with Gasteiger partial charge in [0.05, 0.1) is 0 Å². The highest BCUT2D eigenvalue weighted by molar-refractivity contribution is 6.10. The molecule has 2 aromatic rings. The Bertz CT molecular complexity index is 842. The summed E-state index contributed by atoms with van der Waals surface area (Å²) in [6.45, 7) is 4.99. The summed E-state index contributed by atoms with van der Waals surface area (Å²) in [4.78, 5) is 38.0. The predicted molar refractivity (Wildman–Crippen MR) is 90.7 cm³/mol. The number of hydrogen-bond donors (Lipinski definition) is 3. The van der Waals surface area contributed by atoms with Gasteiger partial charge < -0.3 is 10.6 Å². The molecular weight excluding hydrogens is 322 g/mol. The Morgan fingerprint density at radius 3 is 2.52 bits per heavy atom. The van der Waals surface area contributed by atoms with Gasteiger partial charge in [-0.25, -0.2) is 4.79 Å². The van der Waals surface area contributed by atoms with Gasteiger partial charge in [-0.05, 0) is 26.3 Å². The zero-order chi connectivity index (χ0) is 18.2. The Balaban J connectivity index is 1.74. The van der Waals surface area contributed by atoms with Gasteiger partial charge in [0.15, 0.2) is 5.82 Å². The van der Waals surface area contributed by atoms with Crippen LogP contribution in [0.4, 0.5) is 10.6 Å². The minimum Gasteiger partial charge on any atom is -0.319 e. The van der Waals surface area contributed by atoms with E-state index in [2.05, 4.69) is 20.8 Å². The first-order chi connectivity index (χ1) is 11.8. The molecule has 8 nitrogen and oxygen atoms in total. The summed E-state index contributed by atoms with van der Waals surface area (Å²) >= 11 is 0. The molecule has 1 unspecified atom stereocenters. The van der Waals surface area contributed by atoms with Crippen LogP contribution < -0.4 is 10.6 Å². The van der Waals surface area contributed by atoms with E-state index in [1.165, 1.54) is 0 Å². The minimum atomic E-state index is -1.19. The van der Waals surface area contributed by atoms with Crippen molar-refractivity contribution in [1.29, 1.82) is 0 Å². The SMILES string of the molecule is Cc1ccc(C2(C)NC(=O)N(CC(=O)Nc3cc(C)[nH]n3)C2=O)cc1. The molecule has 8 heteroatoms. The van der Waals surface area contributed by atoms with Crippen LogP contribution in [-0.4, -0.2) is 39.5 Å². The highest BCUT2D eigenvalue weighted by Crippen LogP contribution is 2.28. The van der Waals surface area contributed by atoms with E-state index in [9.17, 15) is 14.4 Å². The van der Waals surface area contributed by atoms with Crippen LogP contribution in [0.1, 0.15) is 23.7 Å². The topological polar surface area (TPSA) is 107 Å². The van der Waals surface area contributed by atoms with Crippen molar-refractivity contribution in [1.82, 2.24) is 20.4 Å². The lowest BCUT2D eigenvalue weighted by Crippen LogP contribution is -2.42. The van der Waals surface area contributed by atoms with Gasteiger partial charge in [-0.2, -0.15) is 5.10 Å². The Morgan fingerprint density at radius 1 is 1.24 bits per heavy atom. The number of rotatable bonds is 4. The van der Waals surface area contributed by atoms with Gasteiger partial charge in [-0.3, -0.25) is 19.6 Å². The van der Waals surface area contributed by atoms with Gasteiger partial charge in [-0.15, -0.1) is 0 Å². The van der Waals surface area contributed by atoms with Crippen molar-refractivity contribution in [3.63, 3.8) is 0 Å². The van der Waals surface area contributed by atoms with E-state index < -0.39 is 23.4 Å². The van der Waals surface area contributed by atoms with E-state index in [4.69, 9.17) is 0 Å². The molecule has 0 saturated carbocycles. The fourth-order valence-corrected chi connectivity index (χ4v) is 2.73. The molecule has 0 radical (unpaired) electrons. The van der Waals surface area contributed by atoms with Crippen molar-refractivity contribution >= 4 is 23.7 Å². The van der Waals surface area contributed by atoms with E-state index in [1.54, 1.807) is 32.0 Å². The van der Waals surface area contributed by atoms with Crippen molar-refractivity contribution in [2.24, 2.45) is 0 Å². The van der Waals surface area contributed by atoms with Crippen molar-refractivity contribution in [3.05, 3.63) is 47.2 Å². The number of aromatic nitrogens is 2. The van der Waals surface area contributed by atoms with Crippen LogP contribution in [0.25, 0.3) is 0 Å². The van der Waals surface area contributed by atoms with Crippen LogP contribution in [0.3, 0.4) is 0 Å². The number of amides is 4. The van der Waals surface area contributed by atoms with Crippen molar-refractivity contribution in [3.8, 4) is 0 Å². The number of carbonyl (C=O) groups is 3. The van der Waals surface area contributed by atoms with Gasteiger partial charge in [-0.1, -0.05) is 29.8 Å². The van der Waals surface area contributed by atoms with Crippen LogP contribution in [0, 0.1) is 13.8 Å². The lowest BCUT2D eigenvalue weighted by molar-refractivity contribution is -0.133. The number of aryl methyl sites for hydroxylation is 2. The molecule has 1 saturated heterocycles. The third-order valence-corrected chi connectivity index (χ3v) is 4.18. The molecule has 4 amide bonds. The molecule has 1 aliphatic rings. The number of aromatic amines is 1. The Morgan fingerprint density at radius 2 is 1.92 bits per heavy atom. The van der Waals surface area contributed by atoms with Crippen LogP contribution in [0.15, 0.2) is 30.3 Å². The van der Waals surface area contributed by atoms with Crippen molar-refractivity contribution in [2.75, 3.05) is 11.9 Å². The summed E-state index contributed by atoms with van der Waals surface area (Å²) in [7, 11) is 0. The van der Waals surface area contributed by atoms with Gasteiger partial charge >= 0.3 is 6.03 Å². The summed E-state index contributed by atoms with van der Waals surface area (Å²) in [5.74, 6) is -0.617. The Kier molecular flexibility index (Phi) is 4.03. The summed E-state index contributed by atoms with van der Waals surface area (Å²) in [5.41, 5.74) is 1.32. The van der Waals surface area contributed by atoms with Gasteiger partial charge in [0.25, 0.3) is 5.91 Å². The fourth-order valence-electron chi connectivity index (χ4n) is 2.73. The molecule has 130 valence electrons. The first-order valence-electron chi connectivity index (χ1n) is 7.83. The van der Waals surface area contributed by atoms with Crippen LogP contribution in [0.5, 0.6) is 0 Å².